The molecule has 1 aromatic heterocycles. The zero-order valence-corrected chi connectivity index (χ0v) is 12.2. The van der Waals surface area contributed by atoms with Crippen molar-refractivity contribution in [2.24, 2.45) is 0 Å². The Morgan fingerprint density at radius 2 is 2.05 bits per heavy atom. The molecule has 22 heavy (non-hydrogen) atoms. The first kappa shape index (κ1) is 15.3. The molecule has 2 N–H and O–H groups in total. The van der Waals surface area contributed by atoms with Gasteiger partial charge in [0.2, 0.25) is 0 Å². The average molecular weight is 292 g/mol. The third kappa shape index (κ3) is 4.46. The largest absolute Gasteiger partial charge is 0.384 e. The van der Waals surface area contributed by atoms with Gasteiger partial charge in [-0.2, -0.15) is 5.26 Å². The molecule has 0 fully saturated rings. The number of carbonyl (C=O) groups excluding carboxylic acids is 1. The van der Waals surface area contributed by atoms with E-state index in [4.69, 9.17) is 5.26 Å². The van der Waals surface area contributed by atoms with Crippen LogP contribution in [0.5, 0.6) is 0 Å². The van der Waals surface area contributed by atoms with Crippen molar-refractivity contribution < 1.29 is 4.79 Å². The summed E-state index contributed by atoms with van der Waals surface area (Å²) in [6.45, 7) is 2.41. The zero-order chi connectivity index (χ0) is 15.8. The lowest BCUT2D eigenvalue weighted by molar-refractivity contribution is -0.112. The molecule has 1 amide bonds. The Balaban J connectivity index is 1.95. The number of aryl methyl sites for hydroxylation is 1. The van der Waals surface area contributed by atoms with E-state index in [0.29, 0.717) is 12.2 Å². The number of aromatic nitrogens is 1. The molecule has 1 aromatic carbocycles. The van der Waals surface area contributed by atoms with Crippen molar-refractivity contribution in [1.82, 2.24) is 10.3 Å². The number of nitriles is 1. The third-order valence-electron chi connectivity index (χ3n) is 2.93. The lowest BCUT2D eigenvalue weighted by Gasteiger charge is -2.05. The number of carbonyl (C=O) groups is 1. The quantitative estimate of drug-likeness (QED) is 0.655. The van der Waals surface area contributed by atoms with E-state index in [2.05, 4.69) is 15.6 Å². The van der Waals surface area contributed by atoms with Gasteiger partial charge >= 0.3 is 0 Å². The number of hydrogen-bond acceptors (Lipinski definition) is 4. The van der Waals surface area contributed by atoms with Crippen LogP contribution in [0.1, 0.15) is 11.3 Å². The molecule has 0 spiro atoms. The Morgan fingerprint density at radius 1 is 1.27 bits per heavy atom. The number of nitrogens with one attached hydrogen (secondary N) is 2. The van der Waals surface area contributed by atoms with Crippen molar-refractivity contribution in [2.75, 3.05) is 5.32 Å². The number of pyridine rings is 1. The molecular formula is C17H16N4O. The van der Waals surface area contributed by atoms with E-state index >= 15 is 0 Å². The second-order valence-corrected chi connectivity index (χ2v) is 4.69. The fraction of sp³-hybridized carbons (Fsp3) is 0.118. The van der Waals surface area contributed by atoms with Crippen molar-refractivity contribution >= 4 is 11.6 Å². The predicted octanol–water partition coefficient (Wildman–Crippen LogP) is 2.53. The second-order valence-electron chi connectivity index (χ2n) is 4.69. The highest BCUT2D eigenvalue weighted by Crippen LogP contribution is 2.09. The van der Waals surface area contributed by atoms with Gasteiger partial charge in [0.25, 0.3) is 5.91 Å². The van der Waals surface area contributed by atoms with Crippen LogP contribution in [0.15, 0.2) is 60.4 Å². The summed E-state index contributed by atoms with van der Waals surface area (Å²) in [6, 6.07) is 14.8. The van der Waals surface area contributed by atoms with E-state index in [1.54, 1.807) is 18.3 Å². The fourth-order valence-corrected chi connectivity index (χ4v) is 1.74. The van der Waals surface area contributed by atoms with E-state index in [9.17, 15) is 4.79 Å². The molecule has 5 heteroatoms. The first-order valence-corrected chi connectivity index (χ1v) is 6.80. The molecule has 2 aromatic rings. The summed E-state index contributed by atoms with van der Waals surface area (Å²) in [5, 5.41) is 14.7. The molecular weight excluding hydrogens is 276 g/mol. The molecule has 0 unspecified atom stereocenters. The highest BCUT2D eigenvalue weighted by atomic mass is 16.1. The summed E-state index contributed by atoms with van der Waals surface area (Å²) in [5.74, 6) is -0.445. The standard InChI is InChI=1S/C17H16N4O/c1-13-5-7-15(8-6-13)21-17(22)14(10-18)11-19-12-16-4-2-3-9-20-16/h2-9,11,19H,12H2,1H3,(H,21,22)/b14-11-. The molecule has 110 valence electrons. The maximum atomic E-state index is 12.0. The van der Waals surface area contributed by atoms with E-state index in [1.807, 2.05) is 43.3 Å². The van der Waals surface area contributed by atoms with E-state index in [-0.39, 0.29) is 5.57 Å². The van der Waals surface area contributed by atoms with Crippen LogP contribution in [-0.2, 0) is 11.3 Å². The van der Waals surface area contributed by atoms with Crippen LogP contribution in [0.4, 0.5) is 5.69 Å². The van der Waals surface area contributed by atoms with Crippen molar-refractivity contribution in [3.63, 3.8) is 0 Å². The van der Waals surface area contributed by atoms with Crippen LogP contribution in [0.3, 0.4) is 0 Å². The topological polar surface area (TPSA) is 77.8 Å². The molecule has 0 saturated heterocycles. The minimum absolute atomic E-state index is 0.0107. The maximum Gasteiger partial charge on any atom is 0.267 e. The van der Waals surface area contributed by atoms with Crippen molar-refractivity contribution in [2.45, 2.75) is 13.5 Å². The molecule has 0 bridgehead atoms. The summed E-state index contributed by atoms with van der Waals surface area (Å²) in [6.07, 6.45) is 3.09. The summed E-state index contributed by atoms with van der Waals surface area (Å²) < 4.78 is 0. The fourth-order valence-electron chi connectivity index (χ4n) is 1.74. The van der Waals surface area contributed by atoms with Crippen LogP contribution in [0, 0.1) is 18.3 Å². The molecule has 0 aliphatic heterocycles. The summed E-state index contributed by atoms with van der Waals surface area (Å²) in [7, 11) is 0. The van der Waals surface area contributed by atoms with Gasteiger partial charge in [0.15, 0.2) is 0 Å². The average Bonchev–Trinajstić information content (AvgIpc) is 2.54. The van der Waals surface area contributed by atoms with Gasteiger partial charge in [0, 0.05) is 18.1 Å². The molecule has 0 aliphatic carbocycles. The Bertz CT molecular complexity index is 700. The van der Waals surface area contributed by atoms with E-state index in [1.165, 1.54) is 6.20 Å². The van der Waals surface area contributed by atoms with Gasteiger partial charge in [0.05, 0.1) is 12.2 Å². The first-order chi connectivity index (χ1) is 10.7. The second kappa shape index (κ2) is 7.60. The summed E-state index contributed by atoms with van der Waals surface area (Å²) in [4.78, 5) is 16.2. The number of rotatable bonds is 5. The van der Waals surface area contributed by atoms with Gasteiger partial charge < -0.3 is 10.6 Å². The van der Waals surface area contributed by atoms with Crippen LogP contribution in [0.25, 0.3) is 0 Å². The zero-order valence-electron chi connectivity index (χ0n) is 12.2. The van der Waals surface area contributed by atoms with Gasteiger partial charge in [-0.05, 0) is 31.2 Å². The molecule has 0 radical (unpaired) electrons. The Labute approximate surface area is 129 Å². The van der Waals surface area contributed by atoms with Crippen molar-refractivity contribution in [3.8, 4) is 6.07 Å². The monoisotopic (exact) mass is 292 g/mol. The highest BCUT2D eigenvalue weighted by Gasteiger charge is 2.08. The SMILES string of the molecule is Cc1ccc(NC(=O)/C(C#N)=C\NCc2ccccn2)cc1. The van der Waals surface area contributed by atoms with Gasteiger partial charge in [-0.25, -0.2) is 0 Å². The van der Waals surface area contributed by atoms with Gasteiger partial charge in [-0.15, -0.1) is 0 Å². The Kier molecular flexibility index (Phi) is 5.27. The number of amides is 1. The van der Waals surface area contributed by atoms with Crippen LogP contribution in [0.2, 0.25) is 0 Å². The highest BCUT2D eigenvalue weighted by molar-refractivity contribution is 6.06. The van der Waals surface area contributed by atoms with Gasteiger partial charge in [-0.1, -0.05) is 23.8 Å². The Morgan fingerprint density at radius 3 is 2.68 bits per heavy atom. The molecule has 0 atom stereocenters. The molecule has 0 saturated carbocycles. The van der Waals surface area contributed by atoms with Crippen molar-refractivity contribution in [1.29, 1.82) is 5.26 Å². The molecule has 0 aliphatic rings. The van der Waals surface area contributed by atoms with Crippen molar-refractivity contribution in [3.05, 3.63) is 71.7 Å². The number of hydrogen-bond donors (Lipinski definition) is 2. The maximum absolute atomic E-state index is 12.0. The predicted molar refractivity (Wildman–Crippen MR) is 84.6 cm³/mol. The van der Waals surface area contributed by atoms with Gasteiger partial charge in [0.1, 0.15) is 11.6 Å². The Hall–Kier alpha value is -3.13. The number of nitrogens with zero attached hydrogens (tertiary/aromatic N) is 2. The van der Waals surface area contributed by atoms with Gasteiger partial charge in [-0.3, -0.25) is 9.78 Å². The molecule has 5 nitrogen and oxygen atoms in total. The minimum atomic E-state index is -0.445. The minimum Gasteiger partial charge on any atom is -0.384 e. The van der Waals surface area contributed by atoms with Crippen LogP contribution in [-0.4, -0.2) is 10.9 Å². The molecule has 2 rings (SSSR count). The lowest BCUT2D eigenvalue weighted by Crippen LogP contribution is -2.16. The number of benzene rings is 1. The van der Waals surface area contributed by atoms with Crippen LogP contribution >= 0.6 is 0 Å². The molecule has 1 heterocycles. The third-order valence-corrected chi connectivity index (χ3v) is 2.93. The lowest BCUT2D eigenvalue weighted by atomic mass is 10.2. The normalized spacial score (nSPS) is 10.6. The van der Waals surface area contributed by atoms with E-state index in [0.717, 1.165) is 11.3 Å². The smallest absolute Gasteiger partial charge is 0.267 e. The number of anilines is 1. The first-order valence-electron chi connectivity index (χ1n) is 6.80. The summed E-state index contributed by atoms with van der Waals surface area (Å²) in [5.41, 5.74) is 2.60. The van der Waals surface area contributed by atoms with Crippen LogP contribution < -0.4 is 10.6 Å². The van der Waals surface area contributed by atoms with E-state index < -0.39 is 5.91 Å². The summed E-state index contributed by atoms with van der Waals surface area (Å²) >= 11 is 0.